The number of hydrogen-bond acceptors (Lipinski definition) is 2. The highest BCUT2D eigenvalue weighted by atomic mass is 127. The van der Waals surface area contributed by atoms with Crippen LogP contribution in [0.25, 0.3) is 10.9 Å². The maximum atomic E-state index is 12.1. The number of nitrogens with one attached hydrogen (secondary N) is 2. The van der Waals surface area contributed by atoms with E-state index in [2.05, 4.69) is 50.1 Å². The smallest absolute Gasteiger partial charge is 0.241 e. The van der Waals surface area contributed by atoms with Crippen molar-refractivity contribution in [2.45, 2.75) is 26.8 Å². The summed E-state index contributed by atoms with van der Waals surface area (Å²) in [5, 5.41) is 8.58. The van der Waals surface area contributed by atoms with Gasteiger partial charge in [0.2, 0.25) is 5.91 Å². The fourth-order valence-corrected chi connectivity index (χ4v) is 3.08. The lowest BCUT2D eigenvalue weighted by Crippen LogP contribution is -2.30. The molecule has 5 nitrogen and oxygen atoms in total. The zero-order chi connectivity index (χ0) is 16.4. The van der Waals surface area contributed by atoms with E-state index in [4.69, 9.17) is 0 Å². The summed E-state index contributed by atoms with van der Waals surface area (Å²) in [6.45, 7) is 4.84. The second-order valence-electron chi connectivity index (χ2n) is 5.60. The highest BCUT2D eigenvalue weighted by Gasteiger charge is 2.11. The molecule has 0 atom stereocenters. The standard InChI is InChI=1S/C17H19IN4O/c1-11-17(18)12(2)22(21-11)10-16(23)19-8-7-13-9-20-15-6-4-3-5-14(13)15/h3-6,9,20H,7-8,10H2,1-2H3,(H,19,23). The number of aryl methyl sites for hydroxylation is 1. The van der Waals surface area contributed by atoms with Crippen LogP contribution >= 0.6 is 22.6 Å². The van der Waals surface area contributed by atoms with E-state index in [1.165, 1.54) is 10.9 Å². The number of halogens is 1. The van der Waals surface area contributed by atoms with Gasteiger partial charge in [-0.1, -0.05) is 18.2 Å². The number of rotatable bonds is 5. The molecule has 0 spiro atoms. The van der Waals surface area contributed by atoms with Crippen LogP contribution in [0.2, 0.25) is 0 Å². The van der Waals surface area contributed by atoms with Crippen LogP contribution in [-0.2, 0) is 17.8 Å². The van der Waals surface area contributed by atoms with E-state index in [0.29, 0.717) is 6.54 Å². The topological polar surface area (TPSA) is 62.7 Å². The first-order chi connectivity index (χ1) is 11.1. The lowest BCUT2D eigenvalue weighted by Gasteiger charge is -2.06. The molecular weight excluding hydrogens is 403 g/mol. The molecule has 1 aromatic carbocycles. The van der Waals surface area contributed by atoms with E-state index in [-0.39, 0.29) is 12.5 Å². The molecule has 1 amide bonds. The van der Waals surface area contributed by atoms with E-state index < -0.39 is 0 Å². The van der Waals surface area contributed by atoms with Crippen LogP contribution in [0.15, 0.2) is 30.5 Å². The second kappa shape index (κ2) is 6.74. The molecule has 3 rings (SSSR count). The first kappa shape index (κ1) is 16.0. The number of aromatic amines is 1. The normalized spacial score (nSPS) is 11.1. The van der Waals surface area contributed by atoms with Gasteiger partial charge < -0.3 is 10.3 Å². The molecule has 2 N–H and O–H groups in total. The average molecular weight is 422 g/mol. The van der Waals surface area contributed by atoms with Crippen molar-refractivity contribution >= 4 is 39.4 Å². The molecule has 23 heavy (non-hydrogen) atoms. The molecule has 0 aliphatic carbocycles. The average Bonchev–Trinajstić information content (AvgIpc) is 3.05. The lowest BCUT2D eigenvalue weighted by molar-refractivity contribution is -0.121. The van der Waals surface area contributed by atoms with Gasteiger partial charge >= 0.3 is 0 Å². The first-order valence-electron chi connectivity index (χ1n) is 7.57. The molecule has 120 valence electrons. The minimum absolute atomic E-state index is 0.00755. The van der Waals surface area contributed by atoms with Crippen molar-refractivity contribution in [1.82, 2.24) is 20.1 Å². The lowest BCUT2D eigenvalue weighted by atomic mass is 10.1. The number of benzene rings is 1. The molecule has 0 bridgehead atoms. The van der Waals surface area contributed by atoms with Crippen LogP contribution in [0.4, 0.5) is 0 Å². The summed E-state index contributed by atoms with van der Waals surface area (Å²) >= 11 is 2.26. The van der Waals surface area contributed by atoms with Gasteiger partial charge in [-0.2, -0.15) is 5.10 Å². The molecule has 0 aliphatic rings. The minimum atomic E-state index is -0.00755. The highest BCUT2D eigenvalue weighted by Crippen LogP contribution is 2.18. The minimum Gasteiger partial charge on any atom is -0.361 e. The number of fused-ring (bicyclic) bond motifs is 1. The Morgan fingerprint density at radius 3 is 2.87 bits per heavy atom. The quantitative estimate of drug-likeness (QED) is 0.622. The van der Waals surface area contributed by atoms with Crippen LogP contribution < -0.4 is 5.32 Å². The summed E-state index contributed by atoms with van der Waals surface area (Å²) in [6.07, 6.45) is 2.82. The molecular formula is C17H19IN4O. The van der Waals surface area contributed by atoms with Crippen molar-refractivity contribution in [3.63, 3.8) is 0 Å². The number of aromatic nitrogens is 3. The van der Waals surface area contributed by atoms with Crippen molar-refractivity contribution in [3.8, 4) is 0 Å². The van der Waals surface area contributed by atoms with E-state index >= 15 is 0 Å². The molecule has 2 aromatic heterocycles. The van der Waals surface area contributed by atoms with Crippen molar-refractivity contribution in [3.05, 3.63) is 51.0 Å². The van der Waals surface area contributed by atoms with Crippen molar-refractivity contribution in [2.24, 2.45) is 0 Å². The summed E-state index contributed by atoms with van der Waals surface area (Å²) in [7, 11) is 0. The van der Waals surface area contributed by atoms with Crippen molar-refractivity contribution in [1.29, 1.82) is 0 Å². The second-order valence-corrected chi connectivity index (χ2v) is 6.68. The third-order valence-corrected chi connectivity index (χ3v) is 5.54. The highest BCUT2D eigenvalue weighted by molar-refractivity contribution is 14.1. The summed E-state index contributed by atoms with van der Waals surface area (Å²) < 4.78 is 2.88. The zero-order valence-electron chi connectivity index (χ0n) is 13.2. The Morgan fingerprint density at radius 2 is 2.13 bits per heavy atom. The number of hydrogen-bond donors (Lipinski definition) is 2. The maximum Gasteiger partial charge on any atom is 0.241 e. The SMILES string of the molecule is Cc1nn(CC(=O)NCCc2c[nH]c3ccccc23)c(C)c1I. The summed E-state index contributed by atoms with van der Waals surface area (Å²) in [5.74, 6) is -0.00755. The number of H-pyrrole nitrogens is 1. The number of carbonyl (C=O) groups excluding carboxylic acids is 1. The maximum absolute atomic E-state index is 12.1. The van der Waals surface area contributed by atoms with Crippen LogP contribution in [0.1, 0.15) is 17.0 Å². The van der Waals surface area contributed by atoms with Gasteiger partial charge in [-0.3, -0.25) is 9.48 Å². The molecule has 0 fully saturated rings. The molecule has 0 saturated carbocycles. The van der Waals surface area contributed by atoms with Crippen molar-refractivity contribution in [2.75, 3.05) is 6.54 Å². The fraction of sp³-hybridized carbons (Fsp3) is 0.294. The Balaban J connectivity index is 1.56. The van der Waals surface area contributed by atoms with Gasteiger partial charge in [0.25, 0.3) is 0 Å². The predicted molar refractivity (Wildman–Crippen MR) is 99.4 cm³/mol. The van der Waals surface area contributed by atoms with Crippen molar-refractivity contribution < 1.29 is 4.79 Å². The summed E-state index contributed by atoms with van der Waals surface area (Å²) in [4.78, 5) is 15.4. The molecule has 0 saturated heterocycles. The van der Waals surface area contributed by atoms with Crippen LogP contribution in [0.3, 0.4) is 0 Å². The fourth-order valence-electron chi connectivity index (χ4n) is 2.70. The van der Waals surface area contributed by atoms with E-state index in [1.807, 2.05) is 32.2 Å². The summed E-state index contributed by atoms with van der Waals surface area (Å²) in [5.41, 5.74) is 4.36. The zero-order valence-corrected chi connectivity index (χ0v) is 15.3. The third-order valence-electron chi connectivity index (χ3n) is 3.98. The van der Waals surface area contributed by atoms with Gasteiger partial charge in [-0.15, -0.1) is 0 Å². The number of amides is 1. The Labute approximate surface area is 148 Å². The number of nitrogens with zero attached hydrogens (tertiary/aromatic N) is 2. The molecule has 6 heteroatoms. The predicted octanol–water partition coefficient (Wildman–Crippen LogP) is 2.94. The third kappa shape index (κ3) is 3.41. The van der Waals surface area contributed by atoms with E-state index in [0.717, 1.165) is 26.9 Å². The Kier molecular flexibility index (Phi) is 4.70. The largest absolute Gasteiger partial charge is 0.361 e. The first-order valence-corrected chi connectivity index (χ1v) is 8.65. The molecule has 0 radical (unpaired) electrons. The number of para-hydroxylation sites is 1. The Hall–Kier alpha value is -1.83. The van der Waals surface area contributed by atoms with Crippen LogP contribution in [-0.4, -0.2) is 27.2 Å². The van der Waals surface area contributed by atoms with Gasteiger partial charge in [0.1, 0.15) is 6.54 Å². The molecule has 2 heterocycles. The van der Waals surface area contributed by atoms with Crippen LogP contribution in [0, 0.1) is 17.4 Å². The monoisotopic (exact) mass is 422 g/mol. The Morgan fingerprint density at radius 1 is 1.35 bits per heavy atom. The Bertz CT molecular complexity index is 850. The van der Waals surface area contributed by atoms with Gasteiger partial charge in [0.15, 0.2) is 0 Å². The molecule has 3 aromatic rings. The molecule has 0 aliphatic heterocycles. The summed E-state index contributed by atoms with van der Waals surface area (Å²) in [6, 6.07) is 8.20. The van der Waals surface area contributed by atoms with Gasteiger partial charge in [-0.25, -0.2) is 0 Å². The van der Waals surface area contributed by atoms with Gasteiger partial charge in [0, 0.05) is 29.3 Å². The molecule has 0 unspecified atom stereocenters. The number of carbonyl (C=O) groups is 1. The van der Waals surface area contributed by atoms with Gasteiger partial charge in [0.05, 0.1) is 9.26 Å². The van der Waals surface area contributed by atoms with E-state index in [1.54, 1.807) is 4.68 Å². The van der Waals surface area contributed by atoms with Gasteiger partial charge in [-0.05, 0) is 54.5 Å². The van der Waals surface area contributed by atoms with E-state index in [9.17, 15) is 4.79 Å². The van der Waals surface area contributed by atoms with Crippen LogP contribution in [0.5, 0.6) is 0 Å².